The van der Waals surface area contributed by atoms with Crippen molar-refractivity contribution in [1.82, 2.24) is 53.3 Å². The van der Waals surface area contributed by atoms with Crippen LogP contribution in [-0.2, 0) is 71.7 Å². The molecule has 12 bridgehead atoms. The second-order valence-corrected chi connectivity index (χ2v) is 97.9. The zero-order chi connectivity index (χ0) is 65.6. The fourth-order valence-corrected chi connectivity index (χ4v) is 177. The molecule has 0 amide bonds. The van der Waals surface area contributed by atoms with E-state index in [1.165, 1.54) is 0 Å². The van der Waals surface area contributed by atoms with E-state index >= 15 is 0 Å². The van der Waals surface area contributed by atoms with Crippen LogP contribution in [0.4, 0.5) is 0 Å². The van der Waals surface area contributed by atoms with Crippen LogP contribution < -0.4 is 0 Å². The first-order valence-corrected chi connectivity index (χ1v) is 64.7. The summed E-state index contributed by atoms with van der Waals surface area (Å²) in [6.07, 6.45) is 0. The van der Waals surface area contributed by atoms with Gasteiger partial charge < -0.3 is 24.5 Å². The van der Waals surface area contributed by atoms with Crippen molar-refractivity contribution in [3.8, 4) is 0 Å². The van der Waals surface area contributed by atoms with Crippen LogP contribution in [0.1, 0.15) is 249 Å². The Labute approximate surface area is 578 Å². The summed E-state index contributed by atoms with van der Waals surface area (Å²) in [6, 6.07) is 0. The SMILES string of the molecule is CC(C)(C)N1P2SP3(=S)N(C(C)(C)C)P(=S)(SP4N(C(C)(C)C)P(S[P+]5([S-])N(C(C)(C)C)[P+]([S-])(SP6N(C(C)(C)C)P(SP7(=S)N(C(C)(C)C)P(=S)(SP1N2C(C)(C)C)N7C(C)(C)C)N6C(C)(C)C)N5C(C)(C)C)N4C(C)(C)C)N3C(C)(C)C. The maximum Gasteiger partial charge on any atom is 0.181 e. The molecule has 0 aliphatic carbocycles. The predicted molar refractivity (Wildman–Crippen MR) is 432 cm³/mol. The molecule has 0 atom stereocenters. The molecule has 492 valence electrons. The third-order valence-corrected chi connectivity index (χ3v) is 122. The molecule has 0 aromatic heterocycles. The third kappa shape index (κ3) is 13.6. The smallest absolute Gasteiger partial charge is 0.181 e. The van der Waals surface area contributed by atoms with E-state index in [4.69, 9.17) is 71.7 Å². The van der Waals surface area contributed by atoms with Gasteiger partial charge in [0.25, 0.3) is 0 Å². The number of rotatable bonds is 0. The molecule has 0 saturated carbocycles. The maximum absolute atomic E-state index is 7.62. The molecule has 22 saturated heterocycles. The lowest BCUT2D eigenvalue weighted by Gasteiger charge is -2.75. The normalized spacial score (nSPS) is 39.2. The van der Waals surface area contributed by atoms with Crippen LogP contribution in [0, 0.1) is 0 Å². The van der Waals surface area contributed by atoms with E-state index in [1.54, 1.807) is 0 Å². The van der Waals surface area contributed by atoms with Gasteiger partial charge >= 0.3 is 0 Å². The quantitative estimate of drug-likeness (QED) is 0.171. The van der Waals surface area contributed by atoms with Crippen LogP contribution in [0.25, 0.3) is 0 Å². The number of nitrogens with zero attached hydrogens (tertiary/aromatic N) is 12. The maximum atomic E-state index is 7.62. The van der Waals surface area contributed by atoms with Gasteiger partial charge in [-0.1, -0.05) is 47.2 Å². The molecule has 12 nitrogen and oxygen atoms in total. The Balaban J connectivity index is 1.57. The lowest BCUT2D eigenvalue weighted by molar-refractivity contribution is 0.290. The average Bonchev–Trinajstić information content (AvgIpc) is 3.07. The summed E-state index contributed by atoms with van der Waals surface area (Å²) in [5, 5.41) is 0. The van der Waals surface area contributed by atoms with Crippen LogP contribution in [0.2, 0.25) is 0 Å². The van der Waals surface area contributed by atoms with Crippen LogP contribution in [-0.4, -0.2) is 120 Å². The van der Waals surface area contributed by atoms with Crippen molar-refractivity contribution in [2.45, 2.75) is 316 Å². The fraction of sp³-hybridized carbons (Fsp3) is 1.00. The van der Waals surface area contributed by atoms with Gasteiger partial charge in [-0.05, 0) is 302 Å². The summed E-state index contributed by atoms with van der Waals surface area (Å²) < 4.78 is 34.3. The van der Waals surface area contributed by atoms with Crippen molar-refractivity contribution in [2.75, 3.05) is 0 Å². The van der Waals surface area contributed by atoms with Crippen molar-refractivity contribution in [3.63, 3.8) is 0 Å². The van der Waals surface area contributed by atoms with Gasteiger partial charge in [0.2, 0.25) is 0 Å². The minimum absolute atomic E-state index is 0.179. The van der Waals surface area contributed by atoms with Gasteiger partial charge in [0.05, 0.1) is 33.1 Å². The van der Waals surface area contributed by atoms with E-state index < -0.39 is 78.6 Å². The summed E-state index contributed by atoms with van der Waals surface area (Å²) in [7, 11) is -5.98. The van der Waals surface area contributed by atoms with Gasteiger partial charge in [0, 0.05) is 55.4 Å². The van der Waals surface area contributed by atoms with E-state index in [0.29, 0.717) is 0 Å². The van der Waals surface area contributed by atoms with Crippen LogP contribution in [0.5, 0.6) is 0 Å². The van der Waals surface area contributed by atoms with Crippen molar-refractivity contribution in [1.29, 1.82) is 0 Å². The Morgan fingerprint density at radius 1 is 0.250 bits per heavy atom. The zero-order valence-electron chi connectivity index (χ0n) is 57.6. The van der Waals surface area contributed by atoms with E-state index in [2.05, 4.69) is 369 Å². The summed E-state index contributed by atoms with van der Waals surface area (Å²) >= 11 is 58.4. The van der Waals surface area contributed by atoms with Gasteiger partial charge in [0.15, 0.2) is 48.9 Å². The molecule has 22 aliphatic heterocycles. The van der Waals surface area contributed by atoms with E-state index in [9.17, 15) is 0 Å². The molecular weight excluding hydrogens is 1500 g/mol. The molecule has 36 heteroatoms. The molecule has 22 aliphatic rings. The molecule has 0 aromatic rings. The first kappa shape index (κ1) is 79.7. The van der Waals surface area contributed by atoms with Crippen molar-refractivity contribution < 1.29 is 0 Å². The fourth-order valence-electron chi connectivity index (χ4n) is 11.1. The highest BCUT2D eigenvalue weighted by Crippen LogP contribution is 3.17. The van der Waals surface area contributed by atoms with Gasteiger partial charge in [-0.15, -0.1) is 0 Å². The Bertz CT molecular complexity index is 2460. The third-order valence-electron chi connectivity index (χ3n) is 13.1. The highest BCUT2D eigenvalue weighted by molar-refractivity contribution is 9.12. The van der Waals surface area contributed by atoms with Crippen LogP contribution >= 0.6 is 145 Å². The van der Waals surface area contributed by atoms with Gasteiger partial charge in [0.1, 0.15) is 29.7 Å². The Morgan fingerprint density at radius 3 is 0.512 bits per heavy atom. The topological polar surface area (TPSA) is 38.9 Å². The Hall–Kier alpha value is 8.36. The summed E-state index contributed by atoms with van der Waals surface area (Å²) in [5.74, 6) is -5.28. The molecule has 0 N–H and O–H groups in total. The summed E-state index contributed by atoms with van der Waals surface area (Å²) in [4.78, 5) is 0. The molecule has 0 radical (unpaired) electrons. The standard InChI is InChI=1S/C48H108N12P12S12/c1-37(2,3)49-61-50(38(4,5)6)62(49)80-68(74)57(45(25,26)27)70(76,58(68)46(28,29)30)82-64-53(41(13,14)15)66(54(64)42(16,17)18)84-72(78)59(47(31,32)33)71(77,60(72)48(34,35)36)83-65-51(39(7,8)9)63(52(65)40(10,11)12)81-69(75)55(43(19,20)21)67(73,79-61)56(69)44(22,23)24/h1-36H3. The largest absolute Gasteiger partial charge is 0.498 e. The van der Waals surface area contributed by atoms with E-state index in [-0.39, 0.29) is 66.5 Å². The Morgan fingerprint density at radius 2 is 0.393 bits per heavy atom. The monoisotopic (exact) mass is 1610 g/mol. The van der Waals surface area contributed by atoms with E-state index in [0.717, 1.165) is 0 Å². The second-order valence-electron chi connectivity index (χ2n) is 34.5. The first-order valence-electron chi connectivity index (χ1n) is 28.8. The first-order chi connectivity index (χ1) is 36.5. The Kier molecular flexibility index (Phi) is 22.8. The van der Waals surface area contributed by atoms with E-state index in [1.807, 2.05) is 0 Å². The molecular formula is C48H108N12P12S12. The highest BCUT2D eigenvalue weighted by atomic mass is 33.3. The molecule has 22 rings (SSSR count). The van der Waals surface area contributed by atoms with Gasteiger partial charge in [-0.25, -0.2) is 26.6 Å². The van der Waals surface area contributed by atoms with Crippen molar-refractivity contribution in [2.24, 2.45) is 0 Å². The molecule has 84 heavy (non-hydrogen) atoms. The molecule has 22 heterocycles. The van der Waals surface area contributed by atoms with Crippen LogP contribution in [0.15, 0.2) is 0 Å². The minimum Gasteiger partial charge on any atom is -0.498 e. The highest BCUT2D eigenvalue weighted by Gasteiger charge is 2.83. The predicted octanol–water partition coefficient (Wildman–Crippen LogP) is 26.4. The molecule has 0 spiro atoms. The minimum atomic E-state index is -2.64. The lowest BCUT2D eigenvalue weighted by Crippen LogP contribution is -2.60. The lowest BCUT2D eigenvalue weighted by atomic mass is 10.1. The number of hydrogen-bond acceptors (Lipinski definition) is 20. The van der Waals surface area contributed by atoms with Crippen molar-refractivity contribution >= 4 is 216 Å². The summed E-state index contributed by atoms with van der Waals surface area (Å²) in [5.41, 5.74) is -13.4. The van der Waals surface area contributed by atoms with Crippen molar-refractivity contribution in [3.05, 3.63) is 0 Å². The van der Waals surface area contributed by atoms with Crippen LogP contribution in [0.3, 0.4) is 0 Å². The molecule has 0 aromatic carbocycles. The molecule has 0 unspecified atom stereocenters. The number of hydrogen-bond donors (Lipinski definition) is 0. The second kappa shape index (κ2) is 24.0. The zero-order valence-corrected chi connectivity index (χ0v) is 78.2. The van der Waals surface area contributed by atoms with Gasteiger partial charge in [-0.2, -0.15) is 17.8 Å². The molecule has 22 fully saturated rings. The van der Waals surface area contributed by atoms with Gasteiger partial charge in [-0.3, -0.25) is 0 Å². The summed E-state index contributed by atoms with van der Waals surface area (Å²) in [6.45, 7) is 87.1. The average molecular weight is 1610 g/mol.